The molecular weight excluding hydrogens is 190 g/mol. The number of nitriles is 1. The highest BCUT2D eigenvalue weighted by atomic mass is 16.5. The maximum Gasteiger partial charge on any atom is 0.142 e. The van der Waals surface area contributed by atoms with Gasteiger partial charge in [-0.3, -0.25) is 0 Å². The molecule has 0 amide bonds. The van der Waals surface area contributed by atoms with Crippen LogP contribution in [-0.2, 0) is 4.74 Å². The van der Waals surface area contributed by atoms with Crippen LogP contribution in [0, 0.1) is 17.2 Å². The zero-order valence-electron chi connectivity index (χ0n) is 8.44. The number of rotatable bonds is 3. The Kier molecular flexibility index (Phi) is 3.15. The van der Waals surface area contributed by atoms with E-state index in [0.717, 1.165) is 32.0 Å². The van der Waals surface area contributed by atoms with Crippen molar-refractivity contribution in [2.24, 2.45) is 5.92 Å². The molecule has 1 fully saturated rings. The van der Waals surface area contributed by atoms with Crippen molar-refractivity contribution in [1.29, 1.82) is 5.26 Å². The number of hydrogen-bond acceptors (Lipinski definition) is 4. The van der Waals surface area contributed by atoms with E-state index in [1.807, 2.05) is 18.2 Å². The summed E-state index contributed by atoms with van der Waals surface area (Å²) in [6.07, 6.45) is 1.10. The Balaban J connectivity index is 1.90. The molecular formula is C11H13N3O. The predicted octanol–water partition coefficient (Wildman–Crippen LogP) is 1.40. The summed E-state index contributed by atoms with van der Waals surface area (Å²) in [5.74, 6) is 1.33. The fourth-order valence-electron chi connectivity index (χ4n) is 1.59. The molecule has 1 aliphatic heterocycles. The van der Waals surface area contributed by atoms with Crippen molar-refractivity contribution < 1.29 is 4.74 Å². The van der Waals surface area contributed by atoms with Crippen molar-refractivity contribution in [3.05, 3.63) is 23.9 Å². The van der Waals surface area contributed by atoms with E-state index in [0.29, 0.717) is 11.6 Å². The first-order valence-electron chi connectivity index (χ1n) is 5.07. The lowest BCUT2D eigenvalue weighted by Gasteiger charge is -2.09. The fourth-order valence-corrected chi connectivity index (χ4v) is 1.59. The Bertz CT molecular complexity index is 366. The summed E-state index contributed by atoms with van der Waals surface area (Å²) >= 11 is 0. The van der Waals surface area contributed by atoms with Gasteiger partial charge in [0.2, 0.25) is 0 Å². The minimum absolute atomic E-state index is 0.447. The first kappa shape index (κ1) is 9.94. The van der Waals surface area contributed by atoms with Gasteiger partial charge in [0.15, 0.2) is 0 Å². The molecule has 1 aromatic heterocycles. The smallest absolute Gasteiger partial charge is 0.142 e. The van der Waals surface area contributed by atoms with Crippen molar-refractivity contribution in [3.63, 3.8) is 0 Å². The number of aromatic nitrogens is 1. The largest absolute Gasteiger partial charge is 0.381 e. The van der Waals surface area contributed by atoms with Crippen LogP contribution >= 0.6 is 0 Å². The topological polar surface area (TPSA) is 57.9 Å². The number of anilines is 1. The van der Waals surface area contributed by atoms with Gasteiger partial charge in [-0.15, -0.1) is 0 Å². The summed E-state index contributed by atoms with van der Waals surface area (Å²) in [5.41, 5.74) is 0.447. The molecule has 0 aliphatic carbocycles. The molecule has 1 unspecified atom stereocenters. The van der Waals surface area contributed by atoms with Crippen LogP contribution in [0.4, 0.5) is 5.82 Å². The lowest BCUT2D eigenvalue weighted by molar-refractivity contribution is 0.187. The standard InChI is InChI=1S/C11H13N3O/c12-6-10-2-1-3-11(14-10)13-7-9-4-5-15-8-9/h1-3,9H,4-5,7-8H2,(H,13,14). The Hall–Kier alpha value is -1.60. The SMILES string of the molecule is N#Cc1cccc(NCC2CCOC2)n1. The van der Waals surface area contributed by atoms with Gasteiger partial charge in [0, 0.05) is 19.1 Å². The van der Waals surface area contributed by atoms with Crippen LogP contribution in [0.5, 0.6) is 0 Å². The molecule has 0 saturated carbocycles. The highest BCUT2D eigenvalue weighted by Gasteiger charge is 2.14. The molecule has 1 atom stereocenters. The van der Waals surface area contributed by atoms with E-state index in [1.54, 1.807) is 6.07 Å². The molecule has 0 spiro atoms. The summed E-state index contributed by atoms with van der Waals surface area (Å²) in [5, 5.41) is 11.9. The van der Waals surface area contributed by atoms with Crippen molar-refractivity contribution in [2.45, 2.75) is 6.42 Å². The summed E-state index contributed by atoms with van der Waals surface area (Å²) < 4.78 is 5.28. The van der Waals surface area contributed by atoms with E-state index < -0.39 is 0 Å². The second-order valence-electron chi connectivity index (χ2n) is 3.63. The van der Waals surface area contributed by atoms with E-state index in [1.165, 1.54) is 0 Å². The van der Waals surface area contributed by atoms with Crippen LogP contribution in [0.3, 0.4) is 0 Å². The van der Waals surface area contributed by atoms with Gasteiger partial charge in [-0.2, -0.15) is 5.26 Å². The van der Waals surface area contributed by atoms with Crippen molar-refractivity contribution in [3.8, 4) is 6.07 Å². The van der Waals surface area contributed by atoms with Crippen LogP contribution in [0.15, 0.2) is 18.2 Å². The number of ether oxygens (including phenoxy) is 1. The Morgan fingerprint density at radius 1 is 1.60 bits per heavy atom. The van der Waals surface area contributed by atoms with Gasteiger partial charge >= 0.3 is 0 Å². The molecule has 1 saturated heterocycles. The maximum absolute atomic E-state index is 8.68. The quantitative estimate of drug-likeness (QED) is 0.806. The highest BCUT2D eigenvalue weighted by molar-refractivity contribution is 5.38. The zero-order chi connectivity index (χ0) is 10.5. The Morgan fingerprint density at radius 2 is 2.53 bits per heavy atom. The molecule has 2 rings (SSSR count). The summed E-state index contributed by atoms with van der Waals surface area (Å²) in [6, 6.07) is 7.42. The van der Waals surface area contributed by atoms with Crippen LogP contribution in [-0.4, -0.2) is 24.7 Å². The van der Waals surface area contributed by atoms with Crippen LogP contribution in [0.2, 0.25) is 0 Å². The lowest BCUT2D eigenvalue weighted by atomic mass is 10.1. The van der Waals surface area contributed by atoms with Gasteiger partial charge in [0.05, 0.1) is 6.61 Å². The average Bonchev–Trinajstić information content (AvgIpc) is 2.79. The fraction of sp³-hybridized carbons (Fsp3) is 0.455. The van der Waals surface area contributed by atoms with Crippen LogP contribution < -0.4 is 5.32 Å². The third kappa shape index (κ3) is 2.67. The summed E-state index contributed by atoms with van der Waals surface area (Å²) in [6.45, 7) is 2.55. The van der Waals surface area contributed by atoms with E-state index >= 15 is 0 Å². The Labute approximate surface area is 88.9 Å². The molecule has 15 heavy (non-hydrogen) atoms. The van der Waals surface area contributed by atoms with Gasteiger partial charge in [0.25, 0.3) is 0 Å². The molecule has 0 aromatic carbocycles. The molecule has 1 aromatic rings. The maximum atomic E-state index is 8.68. The molecule has 2 heterocycles. The van der Waals surface area contributed by atoms with Gasteiger partial charge in [0.1, 0.15) is 17.6 Å². The van der Waals surface area contributed by atoms with E-state index in [2.05, 4.69) is 10.3 Å². The second-order valence-corrected chi connectivity index (χ2v) is 3.63. The molecule has 4 heteroatoms. The number of nitrogens with zero attached hydrogens (tertiary/aromatic N) is 2. The molecule has 78 valence electrons. The minimum Gasteiger partial charge on any atom is -0.381 e. The van der Waals surface area contributed by atoms with Crippen LogP contribution in [0.1, 0.15) is 12.1 Å². The first-order chi connectivity index (χ1) is 7.38. The van der Waals surface area contributed by atoms with Crippen molar-refractivity contribution in [2.75, 3.05) is 25.1 Å². The average molecular weight is 203 g/mol. The van der Waals surface area contributed by atoms with E-state index in [4.69, 9.17) is 10.00 Å². The summed E-state index contributed by atoms with van der Waals surface area (Å²) in [7, 11) is 0. The first-order valence-corrected chi connectivity index (χ1v) is 5.07. The number of hydrogen-bond donors (Lipinski definition) is 1. The van der Waals surface area contributed by atoms with Gasteiger partial charge in [-0.25, -0.2) is 4.98 Å². The van der Waals surface area contributed by atoms with Gasteiger partial charge in [-0.1, -0.05) is 6.07 Å². The number of nitrogens with one attached hydrogen (secondary N) is 1. The molecule has 1 aliphatic rings. The van der Waals surface area contributed by atoms with Gasteiger partial charge in [-0.05, 0) is 18.6 Å². The molecule has 0 radical (unpaired) electrons. The second kappa shape index (κ2) is 4.76. The Morgan fingerprint density at radius 3 is 3.27 bits per heavy atom. The van der Waals surface area contributed by atoms with Crippen molar-refractivity contribution >= 4 is 5.82 Å². The van der Waals surface area contributed by atoms with E-state index in [-0.39, 0.29) is 0 Å². The zero-order valence-corrected chi connectivity index (χ0v) is 8.44. The highest BCUT2D eigenvalue weighted by Crippen LogP contribution is 2.13. The van der Waals surface area contributed by atoms with E-state index in [9.17, 15) is 0 Å². The monoisotopic (exact) mass is 203 g/mol. The lowest BCUT2D eigenvalue weighted by Crippen LogP contribution is -2.14. The third-order valence-electron chi connectivity index (χ3n) is 2.46. The number of pyridine rings is 1. The summed E-state index contributed by atoms with van der Waals surface area (Å²) in [4.78, 5) is 4.14. The normalized spacial score (nSPS) is 19.8. The minimum atomic E-state index is 0.447. The predicted molar refractivity (Wildman–Crippen MR) is 56.4 cm³/mol. The van der Waals surface area contributed by atoms with Crippen LogP contribution in [0.25, 0.3) is 0 Å². The molecule has 4 nitrogen and oxygen atoms in total. The molecule has 1 N–H and O–H groups in total. The third-order valence-corrected chi connectivity index (χ3v) is 2.46. The molecule has 0 bridgehead atoms. The van der Waals surface area contributed by atoms with Gasteiger partial charge < -0.3 is 10.1 Å². The van der Waals surface area contributed by atoms with Crippen molar-refractivity contribution in [1.82, 2.24) is 4.98 Å².